The summed E-state index contributed by atoms with van der Waals surface area (Å²) in [7, 11) is 0. The highest BCUT2D eigenvalue weighted by Gasteiger charge is 2.24. The summed E-state index contributed by atoms with van der Waals surface area (Å²) in [4.78, 5) is 22.4. The summed E-state index contributed by atoms with van der Waals surface area (Å²) in [6, 6.07) is 20.9. The van der Waals surface area contributed by atoms with Crippen molar-refractivity contribution in [1.29, 1.82) is 0 Å². The second kappa shape index (κ2) is 8.35. The maximum Gasteiger partial charge on any atom is 0.257 e. The number of carbonyl (C=O) groups is 1. The van der Waals surface area contributed by atoms with E-state index in [2.05, 4.69) is 20.4 Å². The van der Waals surface area contributed by atoms with Crippen LogP contribution in [0.15, 0.2) is 82.5 Å². The van der Waals surface area contributed by atoms with Crippen molar-refractivity contribution in [3.63, 3.8) is 0 Å². The molecule has 8 heteroatoms. The molecule has 0 unspecified atom stereocenters. The number of carbonyl (C=O) groups excluding carboxylic acids is 1. The Morgan fingerprint density at radius 1 is 1.03 bits per heavy atom. The summed E-state index contributed by atoms with van der Waals surface area (Å²) in [6.45, 7) is 0.464. The van der Waals surface area contributed by atoms with Gasteiger partial charge in [0, 0.05) is 6.54 Å². The quantitative estimate of drug-likeness (QED) is 0.405. The zero-order chi connectivity index (χ0) is 21.9. The van der Waals surface area contributed by atoms with Gasteiger partial charge in [0.1, 0.15) is 22.7 Å². The second-order valence-electron chi connectivity index (χ2n) is 7.21. The second-order valence-corrected chi connectivity index (χ2v) is 7.21. The van der Waals surface area contributed by atoms with Crippen LogP contribution < -0.4 is 11.1 Å². The predicted octanol–water partition coefficient (Wildman–Crippen LogP) is 3.61. The van der Waals surface area contributed by atoms with Gasteiger partial charge in [0.2, 0.25) is 0 Å². The van der Waals surface area contributed by atoms with Gasteiger partial charge in [-0.15, -0.1) is 0 Å². The van der Waals surface area contributed by atoms with Crippen molar-refractivity contribution in [2.24, 2.45) is 5.10 Å². The van der Waals surface area contributed by atoms with Crippen molar-refractivity contribution >= 4 is 40.1 Å². The molecule has 0 saturated heterocycles. The van der Waals surface area contributed by atoms with Crippen molar-refractivity contribution in [2.45, 2.75) is 6.42 Å². The molecule has 0 radical (unpaired) electrons. The zero-order valence-corrected chi connectivity index (χ0v) is 17.1. The Hall–Kier alpha value is -4.46. The molecule has 0 spiro atoms. The molecule has 2 aromatic carbocycles. The molecule has 158 valence electrons. The molecule has 0 fully saturated rings. The fourth-order valence-electron chi connectivity index (χ4n) is 3.52. The van der Waals surface area contributed by atoms with E-state index in [1.54, 1.807) is 18.4 Å². The molecule has 5 rings (SSSR count). The van der Waals surface area contributed by atoms with Gasteiger partial charge in [0.15, 0.2) is 5.65 Å². The van der Waals surface area contributed by atoms with Crippen LogP contribution in [-0.2, 0) is 6.42 Å². The van der Waals surface area contributed by atoms with Crippen LogP contribution in [0.3, 0.4) is 0 Å². The van der Waals surface area contributed by atoms with Gasteiger partial charge in [-0.2, -0.15) is 9.78 Å². The Morgan fingerprint density at radius 2 is 1.78 bits per heavy atom. The van der Waals surface area contributed by atoms with E-state index in [0.717, 1.165) is 5.56 Å². The minimum Gasteiger partial charge on any atom is -0.463 e. The molecule has 32 heavy (non-hydrogen) atoms. The van der Waals surface area contributed by atoms with Crippen LogP contribution in [0.2, 0.25) is 0 Å². The number of nitrogens with one attached hydrogen (secondary N) is 1. The lowest BCUT2D eigenvalue weighted by Gasteiger charge is -2.05. The third kappa shape index (κ3) is 3.69. The molecule has 1 amide bonds. The highest BCUT2D eigenvalue weighted by molar-refractivity contribution is 6.10. The smallest absolute Gasteiger partial charge is 0.257 e. The average molecular weight is 424 g/mol. The number of nitrogen functional groups attached to an aromatic ring is 1. The van der Waals surface area contributed by atoms with Gasteiger partial charge < -0.3 is 15.5 Å². The largest absolute Gasteiger partial charge is 0.463 e. The minimum atomic E-state index is -0.319. The first-order valence-electron chi connectivity index (χ1n) is 10.2. The van der Waals surface area contributed by atoms with Gasteiger partial charge >= 0.3 is 0 Å². The number of aromatic nitrogens is 3. The standard InChI is InChI=1S/C24H20N6O2/c25-22-20(24(31)26-13-12-16-7-2-1-3-8-16)21-23(29-19-11-5-4-10-18(19)28-21)30(22)27-15-17-9-6-14-32-17/h1-11,14-15H,12-13,25H2,(H,26,31)/b27-15+. The van der Waals surface area contributed by atoms with Crippen molar-refractivity contribution in [2.75, 3.05) is 12.3 Å². The highest BCUT2D eigenvalue weighted by Crippen LogP contribution is 2.27. The van der Waals surface area contributed by atoms with Gasteiger partial charge in [-0.05, 0) is 36.2 Å². The molecule has 5 aromatic rings. The first-order valence-corrected chi connectivity index (χ1v) is 10.2. The highest BCUT2D eigenvalue weighted by atomic mass is 16.3. The summed E-state index contributed by atoms with van der Waals surface area (Å²) in [5.74, 6) is 0.393. The van der Waals surface area contributed by atoms with Crippen LogP contribution in [0, 0.1) is 0 Å². The summed E-state index contributed by atoms with van der Waals surface area (Å²) in [6.07, 6.45) is 3.78. The number of hydrogen-bond donors (Lipinski definition) is 2. The molecular formula is C24H20N6O2. The van der Waals surface area contributed by atoms with Crippen LogP contribution in [0.5, 0.6) is 0 Å². The molecule has 0 aliphatic carbocycles. The normalized spacial score (nSPS) is 11.5. The van der Waals surface area contributed by atoms with Crippen molar-refractivity contribution in [1.82, 2.24) is 20.0 Å². The Bertz CT molecular complexity index is 1420. The van der Waals surface area contributed by atoms with Crippen molar-refractivity contribution in [3.05, 3.63) is 89.9 Å². The van der Waals surface area contributed by atoms with E-state index in [9.17, 15) is 4.79 Å². The molecule has 0 atom stereocenters. The number of nitrogens with two attached hydrogens (primary N) is 1. The maximum absolute atomic E-state index is 13.1. The average Bonchev–Trinajstić information content (AvgIpc) is 3.42. The lowest BCUT2D eigenvalue weighted by molar-refractivity contribution is 0.0956. The summed E-state index contributed by atoms with van der Waals surface area (Å²) in [5.41, 5.74) is 9.92. The molecule has 0 aliphatic heterocycles. The van der Waals surface area contributed by atoms with E-state index < -0.39 is 0 Å². The molecule has 3 N–H and O–H groups in total. The fourth-order valence-corrected chi connectivity index (χ4v) is 3.52. The Morgan fingerprint density at radius 3 is 2.53 bits per heavy atom. The van der Waals surface area contributed by atoms with Gasteiger partial charge in [-0.1, -0.05) is 42.5 Å². The van der Waals surface area contributed by atoms with E-state index in [4.69, 9.17) is 10.2 Å². The first kappa shape index (κ1) is 19.5. The fraction of sp³-hybridized carbons (Fsp3) is 0.0833. The summed E-state index contributed by atoms with van der Waals surface area (Å²) < 4.78 is 6.73. The van der Waals surface area contributed by atoms with E-state index >= 15 is 0 Å². The van der Waals surface area contributed by atoms with E-state index in [-0.39, 0.29) is 17.3 Å². The number of fused-ring (bicyclic) bond motifs is 2. The van der Waals surface area contributed by atoms with E-state index in [1.807, 2.05) is 54.6 Å². The molecule has 3 aromatic heterocycles. The zero-order valence-electron chi connectivity index (χ0n) is 17.1. The van der Waals surface area contributed by atoms with Crippen molar-refractivity contribution in [3.8, 4) is 0 Å². The lowest BCUT2D eigenvalue weighted by atomic mass is 10.1. The number of para-hydroxylation sites is 2. The topological polar surface area (TPSA) is 111 Å². The lowest BCUT2D eigenvalue weighted by Crippen LogP contribution is -2.26. The van der Waals surface area contributed by atoms with Gasteiger partial charge in [-0.25, -0.2) is 9.97 Å². The summed E-state index contributed by atoms with van der Waals surface area (Å²) in [5, 5.41) is 7.35. The van der Waals surface area contributed by atoms with E-state index in [0.29, 0.717) is 40.9 Å². The van der Waals surface area contributed by atoms with Crippen LogP contribution in [-0.4, -0.2) is 33.3 Å². The molecule has 0 aliphatic rings. The molecule has 8 nitrogen and oxygen atoms in total. The van der Waals surface area contributed by atoms with Crippen molar-refractivity contribution < 1.29 is 9.21 Å². The monoisotopic (exact) mass is 424 g/mol. The Balaban J connectivity index is 1.53. The Kier molecular flexibility index (Phi) is 5.09. The first-order chi connectivity index (χ1) is 15.7. The van der Waals surface area contributed by atoms with Gasteiger partial charge in [-0.3, -0.25) is 4.79 Å². The number of hydrogen-bond acceptors (Lipinski definition) is 6. The number of rotatable bonds is 6. The maximum atomic E-state index is 13.1. The van der Waals surface area contributed by atoms with Crippen LogP contribution >= 0.6 is 0 Å². The SMILES string of the molecule is Nc1c(C(=O)NCCc2ccccc2)c2nc3ccccc3nc2n1/N=C/c1ccco1. The Labute approximate surface area is 183 Å². The number of amides is 1. The van der Waals surface area contributed by atoms with Gasteiger partial charge in [0.25, 0.3) is 5.91 Å². The van der Waals surface area contributed by atoms with Crippen LogP contribution in [0.4, 0.5) is 5.82 Å². The van der Waals surface area contributed by atoms with Crippen LogP contribution in [0.1, 0.15) is 21.7 Å². The number of anilines is 1. The third-order valence-corrected chi connectivity index (χ3v) is 5.09. The number of furan rings is 1. The third-order valence-electron chi connectivity index (χ3n) is 5.09. The number of benzene rings is 2. The summed E-state index contributed by atoms with van der Waals surface area (Å²) >= 11 is 0. The predicted molar refractivity (Wildman–Crippen MR) is 124 cm³/mol. The molecule has 0 saturated carbocycles. The van der Waals surface area contributed by atoms with E-state index in [1.165, 1.54) is 10.9 Å². The number of nitrogens with zero attached hydrogens (tertiary/aromatic N) is 4. The molecule has 3 heterocycles. The molecule has 0 bridgehead atoms. The van der Waals surface area contributed by atoms with Gasteiger partial charge in [0.05, 0.1) is 23.5 Å². The molecular weight excluding hydrogens is 404 g/mol. The minimum absolute atomic E-state index is 0.162. The van der Waals surface area contributed by atoms with Crippen LogP contribution in [0.25, 0.3) is 22.2 Å².